The Labute approximate surface area is 280 Å². The van der Waals surface area contributed by atoms with Crippen LogP contribution in [-0.4, -0.2) is 35.8 Å². The average Bonchev–Trinajstić information content (AvgIpc) is 3.30. The molecule has 254 valence electrons. The molecule has 0 aliphatic heterocycles. The number of hydrogen-bond acceptors (Lipinski definition) is 4. The predicted molar refractivity (Wildman–Crippen MR) is 196 cm³/mol. The maximum atomic E-state index is 14.0. The van der Waals surface area contributed by atoms with Crippen molar-refractivity contribution in [3.8, 4) is 0 Å². The van der Waals surface area contributed by atoms with Crippen molar-refractivity contribution in [3.05, 3.63) is 58.4 Å². The Hall–Kier alpha value is -1.64. The average molecular weight is 655 g/mol. The fourth-order valence-electron chi connectivity index (χ4n) is 8.35. The van der Waals surface area contributed by atoms with Crippen molar-refractivity contribution in [1.82, 2.24) is 0 Å². The van der Waals surface area contributed by atoms with E-state index >= 15 is 0 Å². The van der Waals surface area contributed by atoms with Crippen LogP contribution in [0, 0.1) is 55.3 Å². The van der Waals surface area contributed by atoms with E-state index in [2.05, 4.69) is 106 Å². The fraction of sp³-hybridized carbons (Fsp3) is 0.718. The van der Waals surface area contributed by atoms with Crippen LogP contribution < -0.4 is 0 Å². The van der Waals surface area contributed by atoms with Gasteiger partial charge in [-0.1, -0.05) is 92.0 Å². The first kappa shape index (κ1) is 37.8. The highest BCUT2D eigenvalue weighted by atomic mass is 28.3. The van der Waals surface area contributed by atoms with Gasteiger partial charge in [0.05, 0.1) is 11.3 Å². The minimum atomic E-state index is -1.55. The number of benzene rings is 1. The van der Waals surface area contributed by atoms with Gasteiger partial charge in [0.2, 0.25) is 9.04 Å². The van der Waals surface area contributed by atoms with Crippen molar-refractivity contribution in [2.24, 2.45) is 34.5 Å². The van der Waals surface area contributed by atoms with E-state index in [1.54, 1.807) is 0 Å². The zero-order valence-corrected chi connectivity index (χ0v) is 33.7. The minimum Gasteiger partial charge on any atom is -0.550 e. The summed E-state index contributed by atoms with van der Waals surface area (Å²) in [4.78, 5) is 14.0. The third kappa shape index (κ3) is 8.64. The monoisotopic (exact) mass is 654 g/mol. The van der Waals surface area contributed by atoms with Crippen LogP contribution in [0.5, 0.6) is 0 Å². The van der Waals surface area contributed by atoms with Crippen LogP contribution in [0.1, 0.15) is 114 Å². The summed E-state index contributed by atoms with van der Waals surface area (Å²) in [5.41, 5.74) is 4.28. The Bertz CT molecular complexity index is 1210. The highest BCUT2D eigenvalue weighted by molar-refractivity contribution is 6.49. The number of unbranched alkanes of at least 4 members (excludes halogenated alkanes) is 2. The Kier molecular flexibility index (Phi) is 12.3. The number of carbonyl (C=O) groups is 1. The number of fused-ring (bicyclic) bond motifs is 1. The largest absolute Gasteiger partial charge is 0.550 e. The van der Waals surface area contributed by atoms with Crippen LogP contribution in [0.25, 0.3) is 0 Å². The SMILES string of the molecule is C=C1C[C@H]2[C@@H](/C(=C\[C@H](CCCCC)C(C)(C)C)O[SiH](C)C)[C@H](C(C)(C)C)C[C@@]2(O[SiH](C)C)C1OC(=O)c1c(C)cc(C)cc1C. The second-order valence-corrected chi connectivity index (χ2v) is 21.7. The second kappa shape index (κ2) is 14.6. The smallest absolute Gasteiger partial charge is 0.339 e. The lowest BCUT2D eigenvalue weighted by molar-refractivity contribution is -0.0596. The van der Waals surface area contributed by atoms with E-state index in [1.807, 2.05) is 13.8 Å². The molecule has 0 radical (unpaired) electrons. The van der Waals surface area contributed by atoms with Crippen molar-refractivity contribution in [2.75, 3.05) is 0 Å². The van der Waals surface area contributed by atoms with Crippen molar-refractivity contribution in [3.63, 3.8) is 0 Å². The number of allylic oxidation sites excluding steroid dienone is 2. The molecule has 0 bridgehead atoms. The lowest BCUT2D eigenvalue weighted by Crippen LogP contribution is -2.49. The zero-order valence-electron chi connectivity index (χ0n) is 31.4. The summed E-state index contributed by atoms with van der Waals surface area (Å²) in [6.45, 7) is 36.2. The Morgan fingerprint density at radius 1 is 1.02 bits per heavy atom. The van der Waals surface area contributed by atoms with E-state index in [9.17, 15) is 4.79 Å². The molecule has 1 unspecified atom stereocenters. The van der Waals surface area contributed by atoms with Gasteiger partial charge < -0.3 is 13.6 Å². The molecule has 0 aromatic heterocycles. The molecule has 1 aromatic carbocycles. The lowest BCUT2D eigenvalue weighted by atomic mass is 9.70. The van der Waals surface area contributed by atoms with Crippen LogP contribution in [0.3, 0.4) is 0 Å². The fourth-order valence-corrected chi connectivity index (χ4v) is 10.4. The van der Waals surface area contributed by atoms with E-state index in [-0.39, 0.29) is 28.6 Å². The number of rotatable bonds is 12. The molecule has 3 rings (SSSR count). The summed E-state index contributed by atoms with van der Waals surface area (Å²) >= 11 is 0. The third-order valence-electron chi connectivity index (χ3n) is 10.3. The summed E-state index contributed by atoms with van der Waals surface area (Å²) in [7, 11) is -2.97. The number of esters is 1. The number of ether oxygens (including phenoxy) is 1. The van der Waals surface area contributed by atoms with Gasteiger partial charge >= 0.3 is 5.97 Å². The molecule has 2 saturated carbocycles. The topological polar surface area (TPSA) is 44.8 Å². The van der Waals surface area contributed by atoms with Gasteiger partial charge in [-0.3, -0.25) is 0 Å². The first-order chi connectivity index (χ1) is 20.7. The third-order valence-corrected chi connectivity index (χ3v) is 12.0. The second-order valence-electron chi connectivity index (χ2n) is 17.1. The van der Waals surface area contributed by atoms with Gasteiger partial charge in [0.25, 0.3) is 0 Å². The molecular weight excluding hydrogens is 589 g/mol. The van der Waals surface area contributed by atoms with E-state index in [0.717, 1.165) is 35.1 Å². The van der Waals surface area contributed by atoms with Gasteiger partial charge in [-0.25, -0.2) is 4.79 Å². The van der Waals surface area contributed by atoms with E-state index in [1.165, 1.54) is 31.4 Å². The van der Waals surface area contributed by atoms with Crippen LogP contribution >= 0.6 is 0 Å². The van der Waals surface area contributed by atoms with Crippen molar-refractivity contribution in [1.29, 1.82) is 0 Å². The summed E-state index contributed by atoms with van der Waals surface area (Å²) in [6.07, 6.45) is 8.59. The molecule has 0 saturated heterocycles. The molecule has 0 spiro atoms. The van der Waals surface area contributed by atoms with Crippen LogP contribution in [0.2, 0.25) is 26.2 Å². The molecule has 0 amide bonds. The summed E-state index contributed by atoms with van der Waals surface area (Å²) in [5.74, 6) is 2.01. The number of aryl methyl sites for hydroxylation is 3. The van der Waals surface area contributed by atoms with Gasteiger partial charge in [0.15, 0.2) is 15.1 Å². The molecule has 0 heterocycles. The summed E-state index contributed by atoms with van der Waals surface area (Å²) in [5, 5.41) is 0. The van der Waals surface area contributed by atoms with Crippen molar-refractivity contribution in [2.45, 2.75) is 146 Å². The van der Waals surface area contributed by atoms with Crippen molar-refractivity contribution < 1.29 is 18.4 Å². The maximum absolute atomic E-state index is 14.0. The Balaban J connectivity index is 2.18. The standard InChI is InChI=1S/C39H66O4Si2/c1-16-17-18-19-29(37(6,7)8)23-32(42-44(12)13)34-30-22-28(5)35(39(30,43-45(14)15)24-31(34)38(9,10)11)41-36(40)33-26(3)20-25(2)21-27(33)4/h20-21,23,29-31,34-35,44-45H,5,16-19,22,24H2,1-4,6-15H3/b32-23+/t29-,30-,31+,34+,35?,39-/m0/s1. The van der Waals surface area contributed by atoms with E-state index < -0.39 is 29.8 Å². The molecular formula is C39H66O4Si2. The maximum Gasteiger partial charge on any atom is 0.339 e. The normalized spacial score (nSPS) is 26.5. The summed E-state index contributed by atoms with van der Waals surface area (Å²) < 4.78 is 20.9. The molecule has 45 heavy (non-hydrogen) atoms. The Morgan fingerprint density at radius 2 is 1.62 bits per heavy atom. The van der Waals surface area contributed by atoms with E-state index in [0.29, 0.717) is 17.4 Å². The van der Waals surface area contributed by atoms with Gasteiger partial charge in [0, 0.05) is 11.8 Å². The van der Waals surface area contributed by atoms with Crippen LogP contribution in [0.15, 0.2) is 36.1 Å². The van der Waals surface area contributed by atoms with Gasteiger partial charge in [-0.15, -0.1) is 0 Å². The molecule has 6 atom stereocenters. The number of hydrogen-bond donors (Lipinski definition) is 0. The molecule has 4 nitrogen and oxygen atoms in total. The molecule has 2 fully saturated rings. The lowest BCUT2D eigenvalue weighted by Gasteiger charge is -2.39. The highest BCUT2D eigenvalue weighted by Crippen LogP contribution is 2.63. The molecule has 2 aliphatic rings. The van der Waals surface area contributed by atoms with Gasteiger partial charge in [0.1, 0.15) is 5.60 Å². The van der Waals surface area contributed by atoms with E-state index in [4.69, 9.17) is 13.6 Å². The van der Waals surface area contributed by atoms with Gasteiger partial charge in [-0.05, 0) is 112 Å². The predicted octanol–water partition coefficient (Wildman–Crippen LogP) is 10.3. The highest BCUT2D eigenvalue weighted by Gasteiger charge is 2.66. The van der Waals surface area contributed by atoms with Crippen LogP contribution in [0.4, 0.5) is 0 Å². The quantitative estimate of drug-likeness (QED) is 0.0740. The zero-order chi connectivity index (χ0) is 34.1. The minimum absolute atomic E-state index is 0.0182. The number of carbonyl (C=O) groups excluding carboxylic acids is 1. The van der Waals surface area contributed by atoms with Gasteiger partial charge in [-0.2, -0.15) is 0 Å². The molecule has 6 heteroatoms. The molecule has 0 N–H and O–H groups in total. The van der Waals surface area contributed by atoms with Crippen LogP contribution in [-0.2, 0) is 13.6 Å². The molecule has 1 aromatic rings. The first-order valence-electron chi connectivity index (χ1n) is 17.8. The Morgan fingerprint density at radius 3 is 2.11 bits per heavy atom. The van der Waals surface area contributed by atoms with Crippen molar-refractivity contribution >= 4 is 24.0 Å². The summed E-state index contributed by atoms with van der Waals surface area (Å²) in [6, 6.07) is 4.14. The first-order valence-corrected chi connectivity index (χ1v) is 23.3. The molecule has 2 aliphatic carbocycles.